The monoisotopic (exact) mass is 257 g/mol. The number of aryl methyl sites for hydroxylation is 1. The van der Waals surface area contributed by atoms with Gasteiger partial charge < -0.3 is 14.6 Å². The summed E-state index contributed by atoms with van der Waals surface area (Å²) in [5.74, 6) is 1.49. The molecule has 0 bridgehead atoms. The zero-order valence-electron chi connectivity index (χ0n) is 10.9. The predicted molar refractivity (Wildman–Crippen MR) is 72.7 cm³/mol. The van der Waals surface area contributed by atoms with Crippen LogP contribution in [0.5, 0.6) is 17.2 Å². The third-order valence-electron chi connectivity index (χ3n) is 3.06. The summed E-state index contributed by atoms with van der Waals surface area (Å²) in [6.07, 6.45) is 0.879. The average Bonchev–Trinajstić information content (AvgIpc) is 2.43. The Hall–Kier alpha value is -2.41. The summed E-state index contributed by atoms with van der Waals surface area (Å²) < 4.78 is 10.6. The molecule has 98 valence electrons. The van der Waals surface area contributed by atoms with Crippen molar-refractivity contribution < 1.29 is 14.6 Å². The number of nitrogens with zero attached hydrogens (tertiary/aromatic N) is 1. The summed E-state index contributed by atoms with van der Waals surface area (Å²) >= 11 is 0. The summed E-state index contributed by atoms with van der Waals surface area (Å²) in [6.45, 7) is 0. The number of nitriles is 1. The first-order valence-electron chi connectivity index (χ1n) is 5.94. The van der Waals surface area contributed by atoms with Crippen molar-refractivity contribution in [3.63, 3.8) is 0 Å². The molecule has 0 amide bonds. The number of aromatic hydroxyl groups is 1. The Morgan fingerprint density at radius 3 is 2.63 bits per heavy atom. The number of rotatable bonds is 4. The van der Waals surface area contributed by atoms with Crippen LogP contribution < -0.4 is 9.47 Å². The van der Waals surface area contributed by atoms with Crippen molar-refractivity contribution in [3.8, 4) is 23.3 Å². The summed E-state index contributed by atoms with van der Waals surface area (Å²) in [5, 5.41) is 20.3. The van der Waals surface area contributed by atoms with Gasteiger partial charge in [-0.2, -0.15) is 5.26 Å². The molecule has 0 saturated carbocycles. The highest BCUT2D eigenvalue weighted by Crippen LogP contribution is 2.38. The van der Waals surface area contributed by atoms with Crippen molar-refractivity contribution in [2.24, 2.45) is 0 Å². The third-order valence-corrected chi connectivity index (χ3v) is 3.06. The molecular weight excluding hydrogens is 242 g/mol. The van der Waals surface area contributed by atoms with Crippen LogP contribution in [-0.2, 0) is 6.42 Å². The van der Waals surface area contributed by atoms with E-state index in [2.05, 4.69) is 6.07 Å². The van der Waals surface area contributed by atoms with Gasteiger partial charge in [-0.25, -0.2) is 0 Å². The fourth-order valence-corrected chi connectivity index (χ4v) is 2.12. The van der Waals surface area contributed by atoms with Gasteiger partial charge >= 0.3 is 0 Å². The molecule has 19 heavy (non-hydrogen) atoms. The van der Waals surface area contributed by atoms with E-state index in [0.717, 1.165) is 16.3 Å². The first-order chi connectivity index (χ1) is 9.21. The zero-order chi connectivity index (χ0) is 13.8. The second-order valence-corrected chi connectivity index (χ2v) is 4.16. The van der Waals surface area contributed by atoms with Gasteiger partial charge in [0.15, 0.2) is 11.5 Å². The van der Waals surface area contributed by atoms with Crippen molar-refractivity contribution in [2.45, 2.75) is 12.8 Å². The molecule has 1 N–H and O–H groups in total. The summed E-state index contributed by atoms with van der Waals surface area (Å²) in [5.41, 5.74) is 0.737. The number of benzene rings is 2. The fraction of sp³-hybridized carbons (Fsp3) is 0.267. The molecule has 0 aromatic heterocycles. The summed E-state index contributed by atoms with van der Waals surface area (Å²) in [6, 6.07) is 9.28. The first-order valence-corrected chi connectivity index (χ1v) is 5.94. The predicted octanol–water partition coefficient (Wildman–Crippen LogP) is 3.02. The Morgan fingerprint density at radius 2 is 2.00 bits per heavy atom. The maximum absolute atomic E-state index is 9.94. The van der Waals surface area contributed by atoms with Crippen molar-refractivity contribution in [1.82, 2.24) is 0 Å². The third kappa shape index (κ3) is 2.41. The lowest BCUT2D eigenvalue weighted by Gasteiger charge is -2.12. The topological polar surface area (TPSA) is 62.5 Å². The minimum atomic E-state index is 0.204. The lowest BCUT2D eigenvalue weighted by Crippen LogP contribution is -1.93. The van der Waals surface area contributed by atoms with Gasteiger partial charge in [0, 0.05) is 11.8 Å². The molecule has 0 aliphatic carbocycles. The lowest BCUT2D eigenvalue weighted by atomic mass is 10.0. The molecule has 2 rings (SSSR count). The van der Waals surface area contributed by atoms with Crippen molar-refractivity contribution in [3.05, 3.63) is 29.8 Å². The smallest absolute Gasteiger partial charge is 0.168 e. The Kier molecular flexibility index (Phi) is 3.76. The second kappa shape index (κ2) is 5.49. The van der Waals surface area contributed by atoms with Crippen LogP contribution >= 0.6 is 0 Å². The lowest BCUT2D eigenvalue weighted by molar-refractivity contribution is 0.358. The minimum absolute atomic E-state index is 0.204. The van der Waals surface area contributed by atoms with Gasteiger partial charge in [0.2, 0.25) is 0 Å². The molecule has 0 atom stereocenters. The van der Waals surface area contributed by atoms with Crippen LogP contribution in [0, 0.1) is 11.3 Å². The number of hydrogen-bond acceptors (Lipinski definition) is 4. The molecule has 4 heteroatoms. The Bertz CT molecular complexity index is 644. The van der Waals surface area contributed by atoms with Gasteiger partial charge in [-0.3, -0.25) is 0 Å². The number of hydrogen-bond donors (Lipinski definition) is 1. The largest absolute Gasteiger partial charge is 0.508 e. The molecule has 0 fully saturated rings. The highest BCUT2D eigenvalue weighted by atomic mass is 16.5. The van der Waals surface area contributed by atoms with Gasteiger partial charge in [-0.15, -0.1) is 0 Å². The molecule has 0 spiro atoms. The summed E-state index contributed by atoms with van der Waals surface area (Å²) in [7, 11) is 3.17. The van der Waals surface area contributed by atoms with E-state index in [1.54, 1.807) is 26.4 Å². The van der Waals surface area contributed by atoms with Gasteiger partial charge in [0.25, 0.3) is 0 Å². The zero-order valence-corrected chi connectivity index (χ0v) is 10.9. The normalized spacial score (nSPS) is 10.2. The summed E-state index contributed by atoms with van der Waals surface area (Å²) in [4.78, 5) is 0. The van der Waals surface area contributed by atoms with E-state index in [4.69, 9.17) is 14.7 Å². The molecule has 2 aromatic rings. The fourth-order valence-electron chi connectivity index (χ4n) is 2.12. The maximum atomic E-state index is 9.94. The van der Waals surface area contributed by atoms with Crippen LogP contribution in [0.2, 0.25) is 0 Å². The second-order valence-electron chi connectivity index (χ2n) is 4.16. The van der Waals surface area contributed by atoms with E-state index < -0.39 is 0 Å². The molecule has 2 aromatic carbocycles. The Balaban J connectivity index is 2.63. The van der Waals surface area contributed by atoms with E-state index >= 15 is 0 Å². The van der Waals surface area contributed by atoms with Gasteiger partial charge in [0.1, 0.15) is 5.75 Å². The minimum Gasteiger partial charge on any atom is -0.508 e. The van der Waals surface area contributed by atoms with Crippen LogP contribution in [0.4, 0.5) is 0 Å². The highest BCUT2D eigenvalue weighted by Gasteiger charge is 2.12. The molecule has 0 aliphatic heterocycles. The number of methoxy groups -OCH3 is 2. The average molecular weight is 257 g/mol. The highest BCUT2D eigenvalue weighted by molar-refractivity contribution is 5.92. The molecule has 0 radical (unpaired) electrons. The van der Waals surface area contributed by atoms with E-state index in [9.17, 15) is 5.11 Å². The first kappa shape index (κ1) is 13.0. The van der Waals surface area contributed by atoms with Crippen molar-refractivity contribution in [1.29, 1.82) is 5.26 Å². The number of fused-ring (bicyclic) bond motifs is 1. The molecule has 0 aliphatic rings. The molecule has 4 nitrogen and oxygen atoms in total. The van der Waals surface area contributed by atoms with Gasteiger partial charge in [-0.1, -0.05) is 6.07 Å². The van der Waals surface area contributed by atoms with E-state index in [1.807, 2.05) is 12.1 Å². The van der Waals surface area contributed by atoms with Crippen molar-refractivity contribution >= 4 is 10.8 Å². The van der Waals surface area contributed by atoms with Crippen LogP contribution in [0.25, 0.3) is 10.8 Å². The molecular formula is C15H15NO3. The van der Waals surface area contributed by atoms with Crippen molar-refractivity contribution in [2.75, 3.05) is 14.2 Å². The SMILES string of the molecule is COc1ccc2cc(O)c(CCC#N)cc2c1OC. The maximum Gasteiger partial charge on any atom is 0.168 e. The number of phenols is 1. The molecule has 0 heterocycles. The standard InChI is InChI=1S/C15H15NO3/c1-18-14-6-5-10-9-13(17)11(4-3-7-16)8-12(10)15(14)19-2/h5-6,8-9,17H,3-4H2,1-2H3. The molecule has 0 unspecified atom stereocenters. The quantitative estimate of drug-likeness (QED) is 0.914. The van der Waals surface area contributed by atoms with Crippen LogP contribution in [0.3, 0.4) is 0 Å². The van der Waals surface area contributed by atoms with Crippen LogP contribution in [0.15, 0.2) is 24.3 Å². The van der Waals surface area contributed by atoms with E-state index in [1.165, 1.54) is 0 Å². The van der Waals surface area contributed by atoms with Gasteiger partial charge in [0.05, 0.1) is 20.3 Å². The van der Waals surface area contributed by atoms with Crippen LogP contribution in [-0.4, -0.2) is 19.3 Å². The molecule has 0 saturated heterocycles. The number of ether oxygens (including phenoxy) is 2. The Morgan fingerprint density at radius 1 is 1.21 bits per heavy atom. The van der Waals surface area contributed by atoms with E-state index in [-0.39, 0.29) is 5.75 Å². The van der Waals surface area contributed by atoms with E-state index in [0.29, 0.717) is 24.3 Å². The Labute approximate surface area is 111 Å². The number of phenolic OH excluding ortho intramolecular Hbond substituents is 1. The van der Waals surface area contributed by atoms with Gasteiger partial charge in [-0.05, 0) is 35.6 Å². The van der Waals surface area contributed by atoms with Crippen LogP contribution in [0.1, 0.15) is 12.0 Å².